The van der Waals surface area contributed by atoms with Gasteiger partial charge in [-0.15, -0.1) is 0 Å². The highest BCUT2D eigenvalue weighted by atomic mass is 16.5. The highest BCUT2D eigenvalue weighted by Crippen LogP contribution is 2.65. The van der Waals surface area contributed by atoms with Gasteiger partial charge >= 0.3 is 0 Å². The van der Waals surface area contributed by atoms with E-state index >= 15 is 0 Å². The van der Waals surface area contributed by atoms with E-state index in [2.05, 4.69) is 17.6 Å². The third kappa shape index (κ3) is 4.04. The molecule has 0 aliphatic carbocycles. The largest absolute Gasteiger partial charge is 0.394 e. The van der Waals surface area contributed by atoms with Gasteiger partial charge in [0.15, 0.2) is 0 Å². The predicted octanol–water partition coefficient (Wildman–Crippen LogP) is 1.65. The van der Waals surface area contributed by atoms with Crippen LogP contribution in [0.2, 0.25) is 0 Å². The summed E-state index contributed by atoms with van der Waals surface area (Å²) in [5, 5.41) is 16.2. The number of aliphatic hydroxyl groups is 1. The number of hydrogen-bond donors (Lipinski definition) is 3. The van der Waals surface area contributed by atoms with Crippen molar-refractivity contribution in [2.24, 2.45) is 17.8 Å². The Labute approximate surface area is 207 Å². The zero-order valence-electron chi connectivity index (χ0n) is 21.3. The highest BCUT2D eigenvalue weighted by Gasteiger charge is 2.80. The second-order valence-corrected chi connectivity index (χ2v) is 10.6. The number of carbonyl (C=O) groups is 3. The fourth-order valence-electron chi connectivity index (χ4n) is 6.75. The van der Waals surface area contributed by atoms with Crippen LogP contribution < -0.4 is 10.6 Å². The van der Waals surface area contributed by atoms with E-state index in [1.54, 1.807) is 11.9 Å². The van der Waals surface area contributed by atoms with Crippen LogP contribution in [0, 0.1) is 17.8 Å². The lowest BCUT2D eigenvalue weighted by Crippen LogP contribution is -2.58. The predicted molar refractivity (Wildman–Crippen MR) is 131 cm³/mol. The average Bonchev–Trinajstić information content (AvgIpc) is 3.37. The third-order valence-corrected chi connectivity index (χ3v) is 8.53. The van der Waals surface area contributed by atoms with Crippen molar-refractivity contribution in [3.8, 4) is 0 Å². The van der Waals surface area contributed by atoms with Crippen molar-refractivity contribution in [1.82, 2.24) is 15.5 Å². The van der Waals surface area contributed by atoms with Crippen LogP contribution in [-0.4, -0.2) is 71.2 Å². The molecule has 3 saturated heterocycles. The van der Waals surface area contributed by atoms with E-state index in [1.165, 1.54) is 0 Å². The van der Waals surface area contributed by atoms with Crippen molar-refractivity contribution >= 4 is 17.7 Å². The Morgan fingerprint density at radius 2 is 1.94 bits per heavy atom. The standard InChI is InChI=1S/C27H39N3O5/c1-5-6-10-13-29-24(33)22-27-15-17(2)26(3,35-27)20(23(32)28-4)21(27)25(34)30(22)19(16-31)14-18-11-8-7-9-12-18/h7-9,11-12,17,19-22,31H,5-6,10,13-16H2,1-4H3,(H,28,32)(H,29,33)/t17?,19-,20+,21+,22?,26-,27?/m1/s1. The van der Waals surface area contributed by atoms with Gasteiger partial charge in [0.2, 0.25) is 17.7 Å². The summed E-state index contributed by atoms with van der Waals surface area (Å²) in [5.41, 5.74) is -0.965. The summed E-state index contributed by atoms with van der Waals surface area (Å²) < 4.78 is 6.66. The number of unbranched alkanes of at least 4 members (excludes halogenated alkanes) is 2. The van der Waals surface area contributed by atoms with E-state index in [9.17, 15) is 19.5 Å². The van der Waals surface area contributed by atoms with E-state index in [1.807, 2.05) is 44.2 Å². The van der Waals surface area contributed by atoms with Crippen molar-refractivity contribution in [1.29, 1.82) is 0 Å². The van der Waals surface area contributed by atoms with Crippen molar-refractivity contribution < 1.29 is 24.2 Å². The molecule has 3 unspecified atom stereocenters. The first-order valence-electron chi connectivity index (χ1n) is 12.9. The van der Waals surface area contributed by atoms with E-state index in [0.29, 0.717) is 19.4 Å². The van der Waals surface area contributed by atoms with Gasteiger partial charge in [-0.3, -0.25) is 14.4 Å². The van der Waals surface area contributed by atoms with Crippen LogP contribution in [0.1, 0.15) is 52.0 Å². The van der Waals surface area contributed by atoms with Crippen LogP contribution in [0.3, 0.4) is 0 Å². The van der Waals surface area contributed by atoms with E-state index in [4.69, 9.17) is 4.74 Å². The normalized spacial score (nSPS) is 34.1. The van der Waals surface area contributed by atoms with Gasteiger partial charge in [0.25, 0.3) is 0 Å². The number of likely N-dealkylation sites (tertiary alicyclic amines) is 1. The second-order valence-electron chi connectivity index (χ2n) is 10.6. The quantitative estimate of drug-likeness (QED) is 0.437. The van der Waals surface area contributed by atoms with Crippen LogP contribution in [0.15, 0.2) is 30.3 Å². The summed E-state index contributed by atoms with van der Waals surface area (Å²) >= 11 is 0. The molecule has 7 atom stereocenters. The molecule has 35 heavy (non-hydrogen) atoms. The Balaban J connectivity index is 1.74. The molecule has 192 valence electrons. The number of aliphatic hydroxyl groups excluding tert-OH is 1. The van der Waals surface area contributed by atoms with Gasteiger partial charge in [-0.2, -0.15) is 0 Å². The van der Waals surface area contributed by atoms with Crippen molar-refractivity contribution in [2.45, 2.75) is 76.2 Å². The minimum atomic E-state index is -1.10. The first-order chi connectivity index (χ1) is 16.7. The van der Waals surface area contributed by atoms with E-state index in [-0.39, 0.29) is 30.2 Å². The maximum absolute atomic E-state index is 14.1. The molecule has 0 saturated carbocycles. The van der Waals surface area contributed by atoms with Gasteiger partial charge < -0.3 is 25.4 Å². The zero-order valence-corrected chi connectivity index (χ0v) is 21.3. The number of benzene rings is 1. The topological polar surface area (TPSA) is 108 Å². The third-order valence-electron chi connectivity index (χ3n) is 8.53. The molecule has 1 aromatic carbocycles. The number of carbonyl (C=O) groups excluding carboxylic acids is 3. The van der Waals surface area contributed by atoms with Crippen LogP contribution in [0.4, 0.5) is 0 Å². The molecule has 2 bridgehead atoms. The van der Waals surface area contributed by atoms with Crippen LogP contribution in [0.5, 0.6) is 0 Å². The van der Waals surface area contributed by atoms with Gasteiger partial charge in [-0.25, -0.2) is 0 Å². The molecule has 3 fully saturated rings. The van der Waals surface area contributed by atoms with Gasteiger partial charge in [0, 0.05) is 13.6 Å². The Morgan fingerprint density at radius 3 is 2.57 bits per heavy atom. The Bertz CT molecular complexity index is 955. The maximum atomic E-state index is 14.1. The van der Waals surface area contributed by atoms with Crippen molar-refractivity contribution in [2.75, 3.05) is 20.2 Å². The number of amides is 3. The summed E-state index contributed by atoms with van der Waals surface area (Å²) in [6, 6.07) is 8.12. The van der Waals surface area contributed by atoms with Crippen LogP contribution in [-0.2, 0) is 25.5 Å². The van der Waals surface area contributed by atoms with Crippen LogP contribution in [0.25, 0.3) is 0 Å². The number of nitrogens with zero attached hydrogens (tertiary/aromatic N) is 1. The highest BCUT2D eigenvalue weighted by molar-refractivity contribution is 5.99. The molecule has 3 aliphatic rings. The summed E-state index contributed by atoms with van der Waals surface area (Å²) in [5.74, 6) is -2.26. The van der Waals surface area contributed by atoms with Gasteiger partial charge in [-0.1, -0.05) is 57.0 Å². The fraction of sp³-hybridized carbons (Fsp3) is 0.667. The lowest BCUT2D eigenvalue weighted by molar-refractivity contribution is -0.150. The molecule has 4 rings (SSSR count). The Hall–Kier alpha value is -2.45. The molecular weight excluding hydrogens is 446 g/mol. The number of hydrogen-bond acceptors (Lipinski definition) is 5. The molecule has 3 amide bonds. The SMILES string of the molecule is CCCCCNC(=O)C1N([C@@H](CO)Cc2ccccc2)C(=O)[C@@H]2[C@@H](C(=O)NC)[C@]3(C)OC12CC3C. The van der Waals surface area contributed by atoms with E-state index in [0.717, 1.165) is 24.8 Å². The van der Waals surface area contributed by atoms with Crippen molar-refractivity contribution in [3.05, 3.63) is 35.9 Å². The van der Waals surface area contributed by atoms with Crippen LogP contribution >= 0.6 is 0 Å². The fourth-order valence-corrected chi connectivity index (χ4v) is 6.75. The molecule has 3 heterocycles. The Morgan fingerprint density at radius 1 is 1.23 bits per heavy atom. The molecule has 1 aromatic rings. The second kappa shape index (κ2) is 9.90. The first kappa shape index (κ1) is 25.6. The lowest BCUT2D eigenvalue weighted by atomic mass is 9.62. The zero-order chi connectivity index (χ0) is 25.4. The number of fused-ring (bicyclic) bond motifs is 1. The van der Waals surface area contributed by atoms with Crippen molar-refractivity contribution in [3.63, 3.8) is 0 Å². The molecule has 8 nitrogen and oxygen atoms in total. The average molecular weight is 486 g/mol. The number of ether oxygens (including phenoxy) is 1. The van der Waals surface area contributed by atoms with Gasteiger partial charge in [0.1, 0.15) is 11.6 Å². The number of rotatable bonds is 10. The molecular formula is C27H39N3O5. The summed E-state index contributed by atoms with van der Waals surface area (Å²) in [7, 11) is 1.57. The molecule has 8 heteroatoms. The first-order valence-corrected chi connectivity index (χ1v) is 12.9. The monoisotopic (exact) mass is 485 g/mol. The summed E-state index contributed by atoms with van der Waals surface area (Å²) in [4.78, 5) is 42.5. The summed E-state index contributed by atoms with van der Waals surface area (Å²) in [6.07, 6.45) is 3.80. The minimum absolute atomic E-state index is 0.00843. The molecule has 3 aliphatic heterocycles. The summed E-state index contributed by atoms with van der Waals surface area (Å²) in [6.45, 7) is 6.24. The van der Waals surface area contributed by atoms with E-state index < -0.39 is 35.1 Å². The Kier molecular flexibility index (Phi) is 7.25. The molecule has 0 aromatic heterocycles. The number of nitrogens with one attached hydrogen (secondary N) is 2. The smallest absolute Gasteiger partial charge is 0.245 e. The maximum Gasteiger partial charge on any atom is 0.245 e. The van der Waals surface area contributed by atoms with Gasteiger partial charge in [-0.05, 0) is 37.7 Å². The van der Waals surface area contributed by atoms with Gasteiger partial charge in [0.05, 0.1) is 30.1 Å². The molecule has 1 spiro atoms. The minimum Gasteiger partial charge on any atom is -0.394 e. The molecule has 0 radical (unpaired) electrons. The molecule has 3 N–H and O–H groups in total. The lowest BCUT2D eigenvalue weighted by Gasteiger charge is -2.37.